The van der Waals surface area contributed by atoms with Crippen molar-refractivity contribution in [1.29, 1.82) is 0 Å². The molecule has 0 radical (unpaired) electrons. The van der Waals surface area contributed by atoms with E-state index in [9.17, 15) is 9.59 Å². The number of benzene rings is 1. The molecular weight excluding hydrogens is 428 g/mol. The van der Waals surface area contributed by atoms with E-state index < -0.39 is 0 Å². The van der Waals surface area contributed by atoms with Crippen molar-refractivity contribution in [3.8, 4) is 5.88 Å². The van der Waals surface area contributed by atoms with E-state index in [2.05, 4.69) is 31.2 Å². The number of piperazine rings is 1. The molecule has 166 valence electrons. The SMILES string of the molecule is CNC(=O)c1ccc2c(n1)OCC1CN(Cc3ccc4c(=S)n(C)c(=O)[nH]c4c3)CCN21. The molecule has 2 N–H and O–H groups in total. The first-order valence-electron chi connectivity index (χ1n) is 10.5. The normalized spacial score (nSPS) is 18.1. The summed E-state index contributed by atoms with van der Waals surface area (Å²) in [5.41, 5.74) is 2.97. The summed E-state index contributed by atoms with van der Waals surface area (Å²) < 4.78 is 7.89. The topological polar surface area (TPSA) is 95.5 Å². The van der Waals surface area contributed by atoms with E-state index in [4.69, 9.17) is 17.0 Å². The lowest BCUT2D eigenvalue weighted by Crippen LogP contribution is -2.57. The van der Waals surface area contributed by atoms with Crippen LogP contribution in [0.15, 0.2) is 35.1 Å². The van der Waals surface area contributed by atoms with Gasteiger partial charge in [-0.3, -0.25) is 14.3 Å². The van der Waals surface area contributed by atoms with Gasteiger partial charge in [0.2, 0.25) is 5.88 Å². The first kappa shape index (κ1) is 20.7. The van der Waals surface area contributed by atoms with Gasteiger partial charge in [0.05, 0.1) is 11.6 Å². The van der Waals surface area contributed by atoms with Crippen LogP contribution in [-0.2, 0) is 13.6 Å². The molecule has 0 saturated carbocycles. The number of hydrogen-bond acceptors (Lipinski definition) is 7. The van der Waals surface area contributed by atoms with E-state index in [0.29, 0.717) is 22.8 Å². The highest BCUT2D eigenvalue weighted by Crippen LogP contribution is 2.34. The molecule has 2 aromatic heterocycles. The monoisotopic (exact) mass is 452 g/mol. The van der Waals surface area contributed by atoms with Crippen LogP contribution in [-0.4, -0.2) is 64.7 Å². The second-order valence-corrected chi connectivity index (χ2v) is 8.55. The fraction of sp³-hybridized carbons (Fsp3) is 0.364. The van der Waals surface area contributed by atoms with E-state index in [0.717, 1.165) is 48.3 Å². The van der Waals surface area contributed by atoms with Crippen LogP contribution in [0.4, 0.5) is 5.69 Å². The third-order valence-corrected chi connectivity index (χ3v) is 6.65. The predicted octanol–water partition coefficient (Wildman–Crippen LogP) is 1.43. The first-order chi connectivity index (χ1) is 15.4. The smallest absolute Gasteiger partial charge is 0.326 e. The van der Waals surface area contributed by atoms with Gasteiger partial charge in [0, 0.05) is 45.7 Å². The second kappa shape index (κ2) is 8.03. The number of fused-ring (bicyclic) bond motifs is 4. The van der Waals surface area contributed by atoms with Crippen molar-refractivity contribution in [2.24, 2.45) is 7.05 Å². The summed E-state index contributed by atoms with van der Waals surface area (Å²) >= 11 is 5.40. The van der Waals surface area contributed by atoms with E-state index >= 15 is 0 Å². The summed E-state index contributed by atoms with van der Waals surface area (Å²) in [5, 5.41) is 3.46. The molecule has 9 nitrogen and oxygen atoms in total. The fourth-order valence-corrected chi connectivity index (χ4v) is 4.68. The Morgan fingerprint density at radius 3 is 2.97 bits per heavy atom. The van der Waals surface area contributed by atoms with Gasteiger partial charge in [-0.2, -0.15) is 0 Å². The summed E-state index contributed by atoms with van der Waals surface area (Å²) in [4.78, 5) is 35.9. The minimum atomic E-state index is -0.225. The summed E-state index contributed by atoms with van der Waals surface area (Å²) in [6, 6.07) is 9.92. The molecule has 1 unspecified atom stereocenters. The van der Waals surface area contributed by atoms with Crippen LogP contribution in [0.1, 0.15) is 16.1 Å². The van der Waals surface area contributed by atoms with Gasteiger partial charge in [0.15, 0.2) is 0 Å². The number of carbonyl (C=O) groups excluding carboxylic acids is 1. The molecule has 5 rings (SSSR count). The molecule has 3 aromatic rings. The van der Waals surface area contributed by atoms with Gasteiger partial charge < -0.3 is 19.9 Å². The van der Waals surface area contributed by atoms with Crippen LogP contribution in [0.5, 0.6) is 5.88 Å². The molecule has 2 aliphatic heterocycles. The molecule has 0 bridgehead atoms. The number of amides is 1. The van der Waals surface area contributed by atoms with E-state index in [1.165, 1.54) is 4.57 Å². The molecule has 0 aliphatic carbocycles. The molecule has 1 atom stereocenters. The van der Waals surface area contributed by atoms with Crippen molar-refractivity contribution in [2.75, 3.05) is 38.2 Å². The maximum Gasteiger partial charge on any atom is 0.326 e. The molecule has 32 heavy (non-hydrogen) atoms. The zero-order valence-corrected chi connectivity index (χ0v) is 18.7. The second-order valence-electron chi connectivity index (χ2n) is 8.17. The van der Waals surface area contributed by atoms with Crippen molar-refractivity contribution >= 4 is 34.7 Å². The lowest BCUT2D eigenvalue weighted by Gasteiger charge is -2.45. The Bertz CT molecular complexity index is 1330. The van der Waals surface area contributed by atoms with Crippen LogP contribution < -0.4 is 20.6 Å². The number of aromatic amines is 1. The zero-order chi connectivity index (χ0) is 22.4. The zero-order valence-electron chi connectivity index (χ0n) is 17.9. The van der Waals surface area contributed by atoms with Crippen LogP contribution >= 0.6 is 12.2 Å². The largest absolute Gasteiger partial charge is 0.474 e. The predicted molar refractivity (Wildman–Crippen MR) is 124 cm³/mol. The van der Waals surface area contributed by atoms with E-state index in [1.54, 1.807) is 20.2 Å². The molecule has 2 aliphatic rings. The van der Waals surface area contributed by atoms with Crippen LogP contribution in [0.3, 0.4) is 0 Å². The molecule has 0 spiro atoms. The Kier molecular flexibility index (Phi) is 5.18. The van der Waals surface area contributed by atoms with Crippen molar-refractivity contribution in [3.63, 3.8) is 0 Å². The Labute approximate surface area is 189 Å². The quantitative estimate of drug-likeness (QED) is 0.581. The number of H-pyrrole nitrogens is 1. The summed E-state index contributed by atoms with van der Waals surface area (Å²) in [6.07, 6.45) is 0. The maximum atomic E-state index is 12.1. The van der Waals surface area contributed by atoms with Gasteiger partial charge in [0.25, 0.3) is 5.91 Å². The molecular formula is C22H24N6O3S. The molecule has 10 heteroatoms. The minimum Gasteiger partial charge on any atom is -0.474 e. The first-order valence-corrected chi connectivity index (χ1v) is 10.9. The van der Waals surface area contributed by atoms with Crippen LogP contribution in [0.25, 0.3) is 10.9 Å². The number of pyridine rings is 1. The molecule has 1 saturated heterocycles. The Balaban J connectivity index is 1.32. The highest BCUT2D eigenvalue weighted by atomic mass is 32.1. The van der Waals surface area contributed by atoms with Crippen molar-refractivity contribution in [2.45, 2.75) is 12.6 Å². The number of rotatable bonds is 3. The molecule has 1 fully saturated rings. The van der Waals surface area contributed by atoms with Crippen LogP contribution in [0, 0.1) is 4.64 Å². The highest BCUT2D eigenvalue weighted by Gasteiger charge is 2.34. The Morgan fingerprint density at radius 2 is 2.16 bits per heavy atom. The average Bonchev–Trinajstić information content (AvgIpc) is 2.81. The standard InChI is InChI=1S/C22H24N6O3S/c1-23-19(29)16-5-6-18-20(24-16)31-12-14-11-27(7-8-28(14)18)10-13-3-4-15-17(9-13)25-22(30)26(2)21(15)32/h3-6,9,14H,7-8,10-12H2,1-2H3,(H,23,29)(H,25,30). The summed E-state index contributed by atoms with van der Waals surface area (Å²) in [6.45, 7) is 3.88. The van der Waals surface area contributed by atoms with Gasteiger partial charge >= 0.3 is 5.69 Å². The van der Waals surface area contributed by atoms with Gasteiger partial charge in [-0.15, -0.1) is 0 Å². The maximum absolute atomic E-state index is 12.1. The number of carbonyl (C=O) groups is 1. The van der Waals surface area contributed by atoms with E-state index in [1.807, 2.05) is 18.2 Å². The van der Waals surface area contributed by atoms with Crippen molar-refractivity contribution in [1.82, 2.24) is 24.8 Å². The third kappa shape index (κ3) is 3.55. The Morgan fingerprint density at radius 1 is 1.31 bits per heavy atom. The molecule has 4 heterocycles. The van der Waals surface area contributed by atoms with Crippen molar-refractivity contribution in [3.05, 3.63) is 56.7 Å². The lowest BCUT2D eigenvalue weighted by molar-refractivity contribution is 0.0956. The summed E-state index contributed by atoms with van der Waals surface area (Å²) in [5.74, 6) is 0.291. The van der Waals surface area contributed by atoms with E-state index in [-0.39, 0.29) is 17.6 Å². The van der Waals surface area contributed by atoms with Gasteiger partial charge in [-0.25, -0.2) is 9.78 Å². The van der Waals surface area contributed by atoms with Gasteiger partial charge in [-0.1, -0.05) is 18.3 Å². The number of aromatic nitrogens is 3. The Hall–Kier alpha value is -3.24. The number of ether oxygens (including phenoxy) is 1. The van der Waals surface area contributed by atoms with Crippen LogP contribution in [0.2, 0.25) is 0 Å². The summed E-state index contributed by atoms with van der Waals surface area (Å²) in [7, 11) is 3.26. The van der Waals surface area contributed by atoms with Crippen molar-refractivity contribution < 1.29 is 9.53 Å². The molecule has 1 aromatic carbocycles. The van der Waals surface area contributed by atoms with Gasteiger partial charge in [-0.05, 0) is 29.8 Å². The number of anilines is 1. The minimum absolute atomic E-state index is 0.209. The van der Waals surface area contributed by atoms with Gasteiger partial charge in [0.1, 0.15) is 22.6 Å². The fourth-order valence-electron chi connectivity index (χ4n) is 4.42. The highest BCUT2D eigenvalue weighted by molar-refractivity contribution is 7.71. The molecule has 1 amide bonds. The third-order valence-electron chi connectivity index (χ3n) is 6.16. The average molecular weight is 453 g/mol. The number of hydrogen-bond donors (Lipinski definition) is 2. The number of nitrogens with zero attached hydrogens (tertiary/aromatic N) is 4. The lowest BCUT2D eigenvalue weighted by atomic mass is 10.1. The number of nitrogens with one attached hydrogen (secondary N) is 2.